The fraction of sp³-hybridized carbons (Fsp3) is 0.714. The molecule has 1 aliphatic rings. The van der Waals surface area contributed by atoms with Crippen LogP contribution in [0.5, 0.6) is 0 Å². The lowest BCUT2D eigenvalue weighted by molar-refractivity contribution is 0.226. The number of nitrogens with zero attached hydrogens (tertiary/aromatic N) is 1. The molecule has 4 nitrogen and oxygen atoms in total. The Morgan fingerprint density at radius 2 is 2.00 bits per heavy atom. The number of aliphatic hydroxyl groups is 1. The highest BCUT2D eigenvalue weighted by Gasteiger charge is 2.32. The van der Waals surface area contributed by atoms with Crippen LogP contribution in [0.2, 0.25) is 0 Å². The third-order valence-electron chi connectivity index (χ3n) is 4.14. The number of hydrogen-bond acceptors (Lipinski definition) is 4. The van der Waals surface area contributed by atoms with E-state index in [2.05, 4.69) is 13.8 Å². The predicted molar refractivity (Wildman–Crippen MR) is 81.3 cm³/mol. The summed E-state index contributed by atoms with van der Waals surface area (Å²) in [4.78, 5) is 1.84. The lowest BCUT2D eigenvalue weighted by atomic mass is 9.87. The number of rotatable bonds is 4. The average Bonchev–Trinajstić information content (AvgIpc) is 2.81. The zero-order chi connectivity index (χ0) is 14.9. The Labute approximate surface area is 125 Å². The summed E-state index contributed by atoms with van der Waals surface area (Å²) in [5.41, 5.74) is 0. The molecular weight excluding hydrogens is 294 g/mol. The minimum absolute atomic E-state index is 0.101. The second-order valence-electron chi connectivity index (χ2n) is 5.78. The molecule has 0 radical (unpaired) electrons. The molecule has 1 aromatic heterocycles. The molecule has 1 aromatic rings. The van der Waals surface area contributed by atoms with Crippen LogP contribution < -0.4 is 0 Å². The molecule has 1 saturated heterocycles. The number of piperidine rings is 1. The van der Waals surface area contributed by atoms with E-state index in [1.807, 2.05) is 0 Å². The summed E-state index contributed by atoms with van der Waals surface area (Å²) in [6.45, 7) is 7.31. The first-order valence-electron chi connectivity index (χ1n) is 7.06. The van der Waals surface area contributed by atoms with Crippen LogP contribution in [-0.4, -0.2) is 30.9 Å². The van der Waals surface area contributed by atoms with Crippen LogP contribution in [0.4, 0.5) is 0 Å². The molecule has 114 valence electrons. The largest absolute Gasteiger partial charge is 0.391 e. The molecule has 6 heteroatoms. The second-order valence-corrected chi connectivity index (χ2v) is 9.02. The normalized spacial score (nSPS) is 18.9. The molecule has 0 amide bonds. The van der Waals surface area contributed by atoms with E-state index in [-0.39, 0.29) is 6.61 Å². The van der Waals surface area contributed by atoms with Crippen LogP contribution in [0.3, 0.4) is 0 Å². The summed E-state index contributed by atoms with van der Waals surface area (Å²) >= 11 is 1.35. The van der Waals surface area contributed by atoms with E-state index in [4.69, 9.17) is 5.11 Å². The molecular formula is C14H23NO3S2. The highest BCUT2D eigenvalue weighted by Crippen LogP contribution is 2.32. The van der Waals surface area contributed by atoms with E-state index in [1.54, 1.807) is 17.3 Å². The highest BCUT2D eigenvalue weighted by atomic mass is 32.2. The summed E-state index contributed by atoms with van der Waals surface area (Å²) in [7, 11) is -3.40. The number of hydrogen-bond donors (Lipinski definition) is 1. The van der Waals surface area contributed by atoms with Gasteiger partial charge in [-0.1, -0.05) is 13.8 Å². The molecule has 20 heavy (non-hydrogen) atoms. The molecule has 0 aliphatic carbocycles. The van der Waals surface area contributed by atoms with Crippen LogP contribution in [-0.2, 0) is 16.6 Å². The number of aryl methyl sites for hydroxylation is 1. The third kappa shape index (κ3) is 3.08. The predicted octanol–water partition coefficient (Wildman–Crippen LogP) is 2.61. The van der Waals surface area contributed by atoms with Gasteiger partial charge in [-0.2, -0.15) is 4.31 Å². The maximum Gasteiger partial charge on any atom is 0.244 e. The van der Waals surface area contributed by atoms with Crippen molar-refractivity contribution in [2.45, 2.75) is 45.1 Å². The summed E-state index contributed by atoms with van der Waals surface area (Å²) in [6.07, 6.45) is 1.87. The van der Waals surface area contributed by atoms with Crippen LogP contribution in [0, 0.1) is 18.8 Å². The zero-order valence-electron chi connectivity index (χ0n) is 12.3. The van der Waals surface area contributed by atoms with Crippen LogP contribution >= 0.6 is 11.3 Å². The Morgan fingerprint density at radius 1 is 1.40 bits per heavy atom. The topological polar surface area (TPSA) is 57.6 Å². The van der Waals surface area contributed by atoms with Crippen molar-refractivity contribution in [3.05, 3.63) is 15.8 Å². The second kappa shape index (κ2) is 6.13. The standard InChI is InChI=1S/C14H23NO3S2/c1-10(2)12-4-6-15(7-5-12)20(17,18)14-8-13(9-16)19-11(14)3/h8,10,12,16H,4-7,9H2,1-3H3. The zero-order valence-corrected chi connectivity index (χ0v) is 13.9. The van der Waals surface area contributed by atoms with Crippen molar-refractivity contribution in [1.82, 2.24) is 4.31 Å². The van der Waals surface area contributed by atoms with Gasteiger partial charge >= 0.3 is 0 Å². The van der Waals surface area contributed by atoms with Gasteiger partial charge < -0.3 is 5.11 Å². The van der Waals surface area contributed by atoms with Gasteiger partial charge in [0, 0.05) is 22.8 Å². The first-order chi connectivity index (χ1) is 9.36. The van der Waals surface area contributed by atoms with Gasteiger partial charge in [-0.05, 0) is 37.7 Å². The van der Waals surface area contributed by atoms with Gasteiger partial charge in [0.15, 0.2) is 0 Å². The number of sulfonamides is 1. The minimum Gasteiger partial charge on any atom is -0.391 e. The van der Waals surface area contributed by atoms with Crippen molar-refractivity contribution in [1.29, 1.82) is 0 Å². The first kappa shape index (κ1) is 15.9. The quantitative estimate of drug-likeness (QED) is 0.928. The van der Waals surface area contributed by atoms with Gasteiger partial charge in [0.1, 0.15) is 0 Å². The number of aliphatic hydroxyl groups excluding tert-OH is 1. The molecule has 1 aliphatic heterocycles. The average molecular weight is 317 g/mol. The van der Waals surface area contributed by atoms with Crippen LogP contribution in [0.25, 0.3) is 0 Å². The van der Waals surface area contributed by atoms with Gasteiger partial charge in [-0.15, -0.1) is 11.3 Å². The van der Waals surface area contributed by atoms with Gasteiger partial charge in [-0.3, -0.25) is 0 Å². The van der Waals surface area contributed by atoms with Crippen molar-refractivity contribution >= 4 is 21.4 Å². The minimum atomic E-state index is -3.40. The smallest absolute Gasteiger partial charge is 0.244 e. The van der Waals surface area contributed by atoms with Crippen molar-refractivity contribution in [2.75, 3.05) is 13.1 Å². The van der Waals surface area contributed by atoms with Crippen molar-refractivity contribution in [3.8, 4) is 0 Å². The summed E-state index contributed by atoms with van der Waals surface area (Å²) in [5.74, 6) is 1.24. The van der Waals surface area contributed by atoms with E-state index >= 15 is 0 Å². The Bertz CT molecular complexity index is 555. The molecule has 2 rings (SSSR count). The molecule has 1 N–H and O–H groups in total. The molecule has 0 atom stereocenters. The molecule has 2 heterocycles. The molecule has 0 bridgehead atoms. The Kier molecular flexibility index (Phi) is 4.89. The lowest BCUT2D eigenvalue weighted by Gasteiger charge is -2.33. The maximum atomic E-state index is 12.7. The van der Waals surface area contributed by atoms with Gasteiger partial charge in [0.05, 0.1) is 11.5 Å². The maximum absolute atomic E-state index is 12.7. The molecule has 0 spiro atoms. The van der Waals surface area contributed by atoms with Gasteiger partial charge in [0.25, 0.3) is 0 Å². The molecule has 0 unspecified atom stereocenters. The fourth-order valence-corrected chi connectivity index (χ4v) is 5.71. The van der Waals surface area contributed by atoms with Crippen LogP contribution in [0.15, 0.2) is 11.0 Å². The van der Waals surface area contributed by atoms with E-state index in [9.17, 15) is 8.42 Å². The molecule has 0 saturated carbocycles. The van der Waals surface area contributed by atoms with E-state index < -0.39 is 10.0 Å². The monoisotopic (exact) mass is 317 g/mol. The Hall–Kier alpha value is -0.430. The first-order valence-corrected chi connectivity index (χ1v) is 9.32. The highest BCUT2D eigenvalue weighted by molar-refractivity contribution is 7.89. The SMILES string of the molecule is Cc1sc(CO)cc1S(=O)(=O)N1CCC(C(C)C)CC1. The van der Waals surface area contributed by atoms with Gasteiger partial charge in [0.2, 0.25) is 10.0 Å². The van der Waals surface area contributed by atoms with Crippen LogP contribution in [0.1, 0.15) is 36.4 Å². The van der Waals surface area contributed by atoms with Crippen molar-refractivity contribution in [2.24, 2.45) is 11.8 Å². The van der Waals surface area contributed by atoms with Crippen molar-refractivity contribution in [3.63, 3.8) is 0 Å². The third-order valence-corrected chi connectivity index (χ3v) is 7.33. The van der Waals surface area contributed by atoms with E-state index in [0.29, 0.717) is 34.7 Å². The summed E-state index contributed by atoms with van der Waals surface area (Å²) in [5, 5.41) is 9.15. The van der Waals surface area contributed by atoms with Crippen molar-refractivity contribution < 1.29 is 13.5 Å². The molecule has 1 fully saturated rings. The Balaban J connectivity index is 2.17. The van der Waals surface area contributed by atoms with E-state index in [1.165, 1.54) is 11.3 Å². The summed E-state index contributed by atoms with van der Waals surface area (Å²) < 4.78 is 26.9. The summed E-state index contributed by atoms with van der Waals surface area (Å²) in [6, 6.07) is 1.61. The Morgan fingerprint density at radius 3 is 2.45 bits per heavy atom. The number of thiophene rings is 1. The lowest BCUT2D eigenvalue weighted by Crippen LogP contribution is -2.39. The van der Waals surface area contributed by atoms with E-state index in [0.717, 1.165) is 17.7 Å². The fourth-order valence-electron chi connectivity index (χ4n) is 2.78. The van der Waals surface area contributed by atoms with Gasteiger partial charge in [-0.25, -0.2) is 8.42 Å². The molecule has 0 aromatic carbocycles.